The normalized spacial score (nSPS) is 9.67. The van der Waals surface area contributed by atoms with Gasteiger partial charge in [0, 0.05) is 5.69 Å². The van der Waals surface area contributed by atoms with Gasteiger partial charge in [-0.05, 0) is 24.3 Å². The molecule has 0 atom stereocenters. The molecular weight excluding hydrogens is 236 g/mol. The van der Waals surface area contributed by atoms with Gasteiger partial charge in [0.15, 0.2) is 0 Å². The Bertz CT molecular complexity index is 403. The molecule has 6 nitrogen and oxygen atoms in total. The third kappa shape index (κ3) is 4.84. The highest BCUT2D eigenvalue weighted by Gasteiger charge is 2.04. The van der Waals surface area contributed by atoms with Crippen LogP contribution >= 0.6 is 0 Å². The van der Waals surface area contributed by atoms with Crippen LogP contribution in [0.25, 0.3) is 0 Å². The van der Waals surface area contributed by atoms with Crippen molar-refractivity contribution >= 4 is 17.6 Å². The number of hydrogen-bond acceptors (Lipinski definition) is 5. The van der Waals surface area contributed by atoms with Crippen molar-refractivity contribution in [3.05, 3.63) is 24.3 Å². The van der Waals surface area contributed by atoms with E-state index in [-0.39, 0.29) is 19.0 Å². The first kappa shape index (κ1) is 14.0. The van der Waals surface area contributed by atoms with Gasteiger partial charge in [0.1, 0.15) is 5.75 Å². The van der Waals surface area contributed by atoms with Crippen molar-refractivity contribution in [1.29, 1.82) is 0 Å². The molecule has 1 aromatic rings. The molecule has 0 aliphatic heterocycles. The second-order valence-electron chi connectivity index (χ2n) is 3.46. The van der Waals surface area contributed by atoms with Gasteiger partial charge in [-0.3, -0.25) is 14.9 Å². The molecule has 1 rings (SSSR count). The summed E-state index contributed by atoms with van der Waals surface area (Å²) in [4.78, 5) is 22.3. The summed E-state index contributed by atoms with van der Waals surface area (Å²) in [5.74, 6) is 0.0770. The van der Waals surface area contributed by atoms with Gasteiger partial charge in [0.2, 0.25) is 5.91 Å². The lowest BCUT2D eigenvalue weighted by molar-refractivity contribution is -0.139. The Labute approximate surface area is 105 Å². The lowest BCUT2D eigenvalue weighted by atomic mass is 10.3. The highest BCUT2D eigenvalue weighted by Crippen LogP contribution is 2.14. The fourth-order valence-corrected chi connectivity index (χ4v) is 1.23. The van der Waals surface area contributed by atoms with Gasteiger partial charge in [-0.25, -0.2) is 0 Å². The molecule has 1 aromatic carbocycles. The van der Waals surface area contributed by atoms with Crippen LogP contribution < -0.4 is 15.4 Å². The van der Waals surface area contributed by atoms with Crippen LogP contribution in [-0.4, -0.2) is 39.2 Å². The number of carbonyl (C=O) groups excluding carboxylic acids is 2. The smallest absolute Gasteiger partial charge is 0.319 e. The fraction of sp³-hybridized carbons (Fsp3) is 0.333. The molecule has 0 heterocycles. The molecule has 0 saturated heterocycles. The molecule has 0 radical (unpaired) electrons. The lowest BCUT2D eigenvalue weighted by Gasteiger charge is -2.06. The summed E-state index contributed by atoms with van der Waals surface area (Å²) in [5, 5.41) is 5.34. The molecule has 0 fully saturated rings. The van der Waals surface area contributed by atoms with E-state index in [1.54, 1.807) is 31.4 Å². The quantitative estimate of drug-likeness (QED) is 0.716. The zero-order valence-electron chi connectivity index (χ0n) is 10.4. The van der Waals surface area contributed by atoms with Gasteiger partial charge in [0.25, 0.3) is 0 Å². The number of anilines is 1. The number of esters is 1. The van der Waals surface area contributed by atoms with E-state index in [0.29, 0.717) is 5.69 Å². The van der Waals surface area contributed by atoms with E-state index in [1.165, 1.54) is 7.11 Å². The molecule has 0 spiro atoms. The summed E-state index contributed by atoms with van der Waals surface area (Å²) in [6, 6.07) is 6.96. The number of nitrogens with one attached hydrogen (secondary N) is 2. The van der Waals surface area contributed by atoms with Crippen LogP contribution in [0, 0.1) is 0 Å². The summed E-state index contributed by atoms with van der Waals surface area (Å²) in [5.41, 5.74) is 0.667. The summed E-state index contributed by atoms with van der Waals surface area (Å²) in [6.07, 6.45) is 0. The van der Waals surface area contributed by atoms with E-state index < -0.39 is 5.97 Å². The molecule has 0 aliphatic rings. The number of methoxy groups -OCH3 is 2. The van der Waals surface area contributed by atoms with Crippen LogP contribution in [0.1, 0.15) is 0 Å². The highest BCUT2D eigenvalue weighted by molar-refractivity contribution is 5.92. The number of carbonyl (C=O) groups is 2. The van der Waals surface area contributed by atoms with Gasteiger partial charge in [-0.1, -0.05) is 0 Å². The lowest BCUT2D eigenvalue weighted by Crippen LogP contribution is -2.32. The second-order valence-corrected chi connectivity index (χ2v) is 3.46. The zero-order valence-corrected chi connectivity index (χ0v) is 10.4. The Kier molecular flexibility index (Phi) is 5.66. The molecule has 0 saturated carbocycles. The maximum atomic E-state index is 11.5. The Hall–Kier alpha value is -2.08. The average molecular weight is 252 g/mol. The molecule has 2 N–H and O–H groups in total. The Balaban J connectivity index is 2.32. The molecule has 0 bridgehead atoms. The molecule has 6 heteroatoms. The van der Waals surface area contributed by atoms with Crippen molar-refractivity contribution < 1.29 is 19.1 Å². The predicted molar refractivity (Wildman–Crippen MR) is 66.5 cm³/mol. The Morgan fingerprint density at radius 2 is 1.78 bits per heavy atom. The van der Waals surface area contributed by atoms with Gasteiger partial charge < -0.3 is 14.8 Å². The standard InChI is InChI=1S/C12H16N2O4/c1-17-10-5-3-9(4-6-10)14-11(15)7-13-8-12(16)18-2/h3-6,13H,7-8H2,1-2H3,(H,14,15). The maximum absolute atomic E-state index is 11.5. The Morgan fingerprint density at radius 1 is 1.11 bits per heavy atom. The van der Waals surface area contributed by atoms with Crippen LogP contribution in [0.15, 0.2) is 24.3 Å². The summed E-state index contributed by atoms with van der Waals surface area (Å²) >= 11 is 0. The largest absolute Gasteiger partial charge is 0.497 e. The van der Waals surface area contributed by atoms with Crippen molar-refractivity contribution in [3.63, 3.8) is 0 Å². The highest BCUT2D eigenvalue weighted by atomic mass is 16.5. The minimum atomic E-state index is -0.410. The van der Waals surface area contributed by atoms with Crippen molar-refractivity contribution in [2.24, 2.45) is 0 Å². The fourth-order valence-electron chi connectivity index (χ4n) is 1.23. The van der Waals surface area contributed by atoms with Crippen LogP contribution in [0.4, 0.5) is 5.69 Å². The summed E-state index contributed by atoms with van der Waals surface area (Å²) in [6.45, 7) is 0.0493. The van der Waals surface area contributed by atoms with Gasteiger partial charge in [-0.15, -0.1) is 0 Å². The van der Waals surface area contributed by atoms with Gasteiger partial charge in [-0.2, -0.15) is 0 Å². The molecule has 0 aliphatic carbocycles. The maximum Gasteiger partial charge on any atom is 0.319 e. The van der Waals surface area contributed by atoms with Crippen molar-refractivity contribution in [1.82, 2.24) is 5.32 Å². The van der Waals surface area contributed by atoms with Crippen LogP contribution in [0.3, 0.4) is 0 Å². The number of hydrogen-bond donors (Lipinski definition) is 2. The average Bonchev–Trinajstić information content (AvgIpc) is 2.39. The number of rotatable bonds is 6. The SMILES string of the molecule is COC(=O)CNCC(=O)Nc1ccc(OC)cc1. The second kappa shape index (κ2) is 7.29. The van der Waals surface area contributed by atoms with E-state index in [1.807, 2.05) is 0 Å². The van der Waals surface area contributed by atoms with Crippen molar-refractivity contribution in [3.8, 4) is 5.75 Å². The zero-order chi connectivity index (χ0) is 13.4. The van der Waals surface area contributed by atoms with E-state index in [9.17, 15) is 9.59 Å². The van der Waals surface area contributed by atoms with Crippen LogP contribution in [0.5, 0.6) is 5.75 Å². The first-order valence-electron chi connectivity index (χ1n) is 5.37. The third-order valence-corrected chi connectivity index (χ3v) is 2.16. The van der Waals surface area contributed by atoms with Crippen LogP contribution in [0.2, 0.25) is 0 Å². The molecule has 0 aromatic heterocycles. The van der Waals surface area contributed by atoms with E-state index in [4.69, 9.17) is 4.74 Å². The van der Waals surface area contributed by atoms with Crippen molar-refractivity contribution in [2.45, 2.75) is 0 Å². The molecule has 1 amide bonds. The predicted octanol–water partition coefficient (Wildman–Crippen LogP) is 0.396. The topological polar surface area (TPSA) is 76.7 Å². The number of amides is 1. The van der Waals surface area contributed by atoms with E-state index in [2.05, 4.69) is 15.4 Å². The molecule has 98 valence electrons. The minimum Gasteiger partial charge on any atom is -0.497 e. The number of ether oxygens (including phenoxy) is 2. The van der Waals surface area contributed by atoms with Gasteiger partial charge >= 0.3 is 5.97 Å². The first-order chi connectivity index (χ1) is 8.65. The molecule has 0 unspecified atom stereocenters. The minimum absolute atomic E-state index is 0.00648. The van der Waals surface area contributed by atoms with E-state index >= 15 is 0 Å². The monoisotopic (exact) mass is 252 g/mol. The molecule has 18 heavy (non-hydrogen) atoms. The van der Waals surface area contributed by atoms with Crippen LogP contribution in [-0.2, 0) is 14.3 Å². The molecular formula is C12H16N2O4. The van der Waals surface area contributed by atoms with E-state index in [0.717, 1.165) is 5.75 Å². The van der Waals surface area contributed by atoms with Crippen molar-refractivity contribution in [2.75, 3.05) is 32.6 Å². The van der Waals surface area contributed by atoms with Gasteiger partial charge in [0.05, 0.1) is 27.3 Å². The summed E-state index contributed by atoms with van der Waals surface area (Å²) < 4.78 is 9.43. The number of benzene rings is 1. The first-order valence-corrected chi connectivity index (χ1v) is 5.37. The third-order valence-electron chi connectivity index (χ3n) is 2.16. The summed E-state index contributed by atoms with van der Waals surface area (Å²) in [7, 11) is 2.87. The Morgan fingerprint density at radius 3 is 2.33 bits per heavy atom.